The molecule has 2 nitrogen and oxygen atoms in total. The molecule has 0 amide bonds. The predicted octanol–water partition coefficient (Wildman–Crippen LogP) is 4.42. The molecule has 0 aliphatic heterocycles. The topological polar surface area (TPSA) is 25.8 Å². The minimum atomic E-state index is 0.563. The minimum Gasteiger partial charge on any atom is -0.222 e. The maximum absolute atomic E-state index is 6.38. The lowest BCUT2D eigenvalue weighted by Gasteiger charge is -2.10. The summed E-state index contributed by atoms with van der Waals surface area (Å²) in [6.07, 6.45) is 5.79. The van der Waals surface area contributed by atoms with Crippen LogP contribution in [0.1, 0.15) is 43.0 Å². The first-order chi connectivity index (χ1) is 8.65. The molecule has 2 heterocycles. The quantitative estimate of drug-likeness (QED) is 0.761. The van der Waals surface area contributed by atoms with Crippen molar-refractivity contribution in [2.75, 3.05) is 0 Å². The van der Waals surface area contributed by atoms with E-state index in [1.165, 1.54) is 29.7 Å². The van der Waals surface area contributed by atoms with E-state index in [2.05, 4.69) is 18.8 Å². The molecule has 96 valence electrons. The van der Waals surface area contributed by atoms with Gasteiger partial charge in [0.05, 0.1) is 5.39 Å². The molecule has 0 saturated carbocycles. The highest BCUT2D eigenvalue weighted by Crippen LogP contribution is 2.38. The van der Waals surface area contributed by atoms with Crippen LogP contribution in [0.5, 0.6) is 0 Å². The maximum atomic E-state index is 6.38. The summed E-state index contributed by atoms with van der Waals surface area (Å²) < 4.78 is 0. The average Bonchev–Trinajstić information content (AvgIpc) is 2.66. The fourth-order valence-corrected chi connectivity index (χ4v) is 4.25. The summed E-state index contributed by atoms with van der Waals surface area (Å²) in [4.78, 5) is 11.8. The zero-order chi connectivity index (χ0) is 12.7. The van der Waals surface area contributed by atoms with E-state index in [1.807, 2.05) is 11.3 Å². The lowest BCUT2D eigenvalue weighted by Crippen LogP contribution is -2.02. The Kier molecular flexibility index (Phi) is 3.29. The maximum Gasteiger partial charge on any atom is 0.141 e. The Labute approximate surface area is 116 Å². The Morgan fingerprint density at radius 3 is 2.78 bits per heavy atom. The van der Waals surface area contributed by atoms with Gasteiger partial charge >= 0.3 is 0 Å². The first-order valence-electron chi connectivity index (χ1n) is 6.62. The van der Waals surface area contributed by atoms with Crippen LogP contribution in [-0.4, -0.2) is 9.97 Å². The molecule has 0 N–H and O–H groups in total. The van der Waals surface area contributed by atoms with Crippen molar-refractivity contribution >= 4 is 33.2 Å². The molecular weight excluding hydrogens is 264 g/mol. The van der Waals surface area contributed by atoms with Gasteiger partial charge in [-0.3, -0.25) is 0 Å². The molecule has 0 atom stereocenters. The average molecular weight is 281 g/mol. The predicted molar refractivity (Wildman–Crippen MR) is 77.6 cm³/mol. The van der Waals surface area contributed by atoms with E-state index >= 15 is 0 Å². The first kappa shape index (κ1) is 12.4. The van der Waals surface area contributed by atoms with Crippen LogP contribution in [-0.2, 0) is 19.3 Å². The molecule has 3 rings (SSSR count). The Morgan fingerprint density at radius 1 is 1.22 bits per heavy atom. The zero-order valence-electron chi connectivity index (χ0n) is 10.8. The highest BCUT2D eigenvalue weighted by Gasteiger charge is 2.20. The number of fused-ring (bicyclic) bond motifs is 3. The van der Waals surface area contributed by atoms with Crippen LogP contribution in [0.4, 0.5) is 0 Å². The summed E-state index contributed by atoms with van der Waals surface area (Å²) in [5.74, 6) is 1.45. The van der Waals surface area contributed by atoms with E-state index in [1.54, 1.807) is 0 Å². The lowest BCUT2D eigenvalue weighted by molar-refractivity contribution is 0.623. The van der Waals surface area contributed by atoms with Crippen molar-refractivity contribution in [2.45, 2.75) is 46.0 Å². The summed E-state index contributed by atoms with van der Waals surface area (Å²) in [5.41, 5.74) is 1.42. The highest BCUT2D eigenvalue weighted by molar-refractivity contribution is 7.19. The summed E-state index contributed by atoms with van der Waals surface area (Å²) in [7, 11) is 0. The second-order valence-electron chi connectivity index (χ2n) is 5.42. The van der Waals surface area contributed by atoms with Crippen molar-refractivity contribution in [3.05, 3.63) is 21.4 Å². The van der Waals surface area contributed by atoms with E-state index in [4.69, 9.17) is 16.6 Å². The number of hydrogen-bond acceptors (Lipinski definition) is 3. The Balaban J connectivity index is 2.14. The van der Waals surface area contributed by atoms with Crippen molar-refractivity contribution in [3.63, 3.8) is 0 Å². The Morgan fingerprint density at radius 2 is 2.00 bits per heavy atom. The van der Waals surface area contributed by atoms with Gasteiger partial charge < -0.3 is 0 Å². The molecule has 2 aromatic heterocycles. The Hall–Kier alpha value is -0.670. The molecule has 0 radical (unpaired) electrons. The summed E-state index contributed by atoms with van der Waals surface area (Å²) in [6, 6.07) is 0. The van der Waals surface area contributed by atoms with E-state index < -0.39 is 0 Å². The number of rotatable bonds is 2. The van der Waals surface area contributed by atoms with Gasteiger partial charge in [0, 0.05) is 11.3 Å². The second kappa shape index (κ2) is 4.78. The number of aromatic nitrogens is 2. The van der Waals surface area contributed by atoms with Gasteiger partial charge in [-0.05, 0) is 37.2 Å². The van der Waals surface area contributed by atoms with Crippen LogP contribution in [0.3, 0.4) is 0 Å². The molecule has 0 fully saturated rings. The van der Waals surface area contributed by atoms with Crippen LogP contribution in [0.25, 0.3) is 10.2 Å². The second-order valence-corrected chi connectivity index (χ2v) is 6.86. The van der Waals surface area contributed by atoms with Crippen molar-refractivity contribution in [1.29, 1.82) is 0 Å². The Bertz CT molecular complexity index is 589. The number of halogens is 1. The van der Waals surface area contributed by atoms with Crippen LogP contribution in [0.2, 0.25) is 5.15 Å². The molecule has 2 aromatic rings. The number of hydrogen-bond donors (Lipinski definition) is 0. The molecule has 4 heteroatoms. The minimum absolute atomic E-state index is 0.563. The largest absolute Gasteiger partial charge is 0.222 e. The van der Waals surface area contributed by atoms with Gasteiger partial charge in [-0.2, -0.15) is 0 Å². The number of nitrogens with zero attached hydrogens (tertiary/aromatic N) is 2. The molecule has 0 bridgehead atoms. The first-order valence-corrected chi connectivity index (χ1v) is 7.81. The number of aryl methyl sites for hydroxylation is 2. The molecule has 0 aromatic carbocycles. The normalized spacial score (nSPS) is 15.3. The fraction of sp³-hybridized carbons (Fsp3) is 0.571. The standard InChI is InChI=1S/C14H17ClN2S/c1-8(2)7-11-16-13(15)12-9-5-3-4-6-10(9)18-14(12)17-11/h8H,3-7H2,1-2H3. The van der Waals surface area contributed by atoms with Gasteiger partial charge in [-0.1, -0.05) is 25.4 Å². The van der Waals surface area contributed by atoms with Crippen molar-refractivity contribution in [1.82, 2.24) is 9.97 Å². The summed E-state index contributed by atoms with van der Waals surface area (Å²) >= 11 is 8.20. The van der Waals surface area contributed by atoms with E-state index in [-0.39, 0.29) is 0 Å². The van der Waals surface area contributed by atoms with E-state index in [0.29, 0.717) is 11.1 Å². The molecule has 1 aliphatic rings. The molecular formula is C14H17ClN2S. The van der Waals surface area contributed by atoms with E-state index in [9.17, 15) is 0 Å². The monoisotopic (exact) mass is 280 g/mol. The summed E-state index contributed by atoms with van der Waals surface area (Å²) in [6.45, 7) is 4.36. The molecule has 1 aliphatic carbocycles. The smallest absolute Gasteiger partial charge is 0.141 e. The van der Waals surface area contributed by atoms with Gasteiger partial charge in [-0.15, -0.1) is 11.3 Å². The van der Waals surface area contributed by atoms with Gasteiger partial charge in [0.15, 0.2) is 0 Å². The van der Waals surface area contributed by atoms with Gasteiger partial charge in [0.2, 0.25) is 0 Å². The van der Waals surface area contributed by atoms with Gasteiger partial charge in [0.25, 0.3) is 0 Å². The van der Waals surface area contributed by atoms with Gasteiger partial charge in [0.1, 0.15) is 15.8 Å². The third-order valence-electron chi connectivity index (χ3n) is 3.41. The lowest BCUT2D eigenvalue weighted by atomic mass is 9.97. The molecule has 18 heavy (non-hydrogen) atoms. The van der Waals surface area contributed by atoms with Crippen molar-refractivity contribution in [3.8, 4) is 0 Å². The van der Waals surface area contributed by atoms with Crippen LogP contribution >= 0.6 is 22.9 Å². The van der Waals surface area contributed by atoms with Gasteiger partial charge in [-0.25, -0.2) is 9.97 Å². The zero-order valence-corrected chi connectivity index (χ0v) is 12.4. The van der Waals surface area contributed by atoms with Crippen LogP contribution < -0.4 is 0 Å². The third kappa shape index (κ3) is 2.14. The SMILES string of the molecule is CC(C)Cc1nc(Cl)c2c3c(sc2n1)CCCC3. The highest BCUT2D eigenvalue weighted by atomic mass is 35.5. The third-order valence-corrected chi connectivity index (χ3v) is 4.87. The number of thiophene rings is 1. The molecule has 0 saturated heterocycles. The fourth-order valence-electron chi connectivity index (χ4n) is 2.61. The molecule has 0 unspecified atom stereocenters. The van der Waals surface area contributed by atoms with Crippen molar-refractivity contribution in [2.24, 2.45) is 5.92 Å². The van der Waals surface area contributed by atoms with Crippen LogP contribution in [0, 0.1) is 5.92 Å². The van der Waals surface area contributed by atoms with Crippen LogP contribution in [0.15, 0.2) is 0 Å². The summed E-state index contributed by atoms with van der Waals surface area (Å²) in [5, 5.41) is 1.79. The molecule has 0 spiro atoms. The van der Waals surface area contributed by atoms with Crippen molar-refractivity contribution < 1.29 is 0 Å². The van der Waals surface area contributed by atoms with E-state index in [0.717, 1.165) is 28.9 Å².